The summed E-state index contributed by atoms with van der Waals surface area (Å²) in [4.78, 5) is 0. The summed E-state index contributed by atoms with van der Waals surface area (Å²) in [6.07, 6.45) is 1.01. The van der Waals surface area contributed by atoms with Crippen molar-refractivity contribution in [3.63, 3.8) is 0 Å². The van der Waals surface area contributed by atoms with Gasteiger partial charge in [0.2, 0.25) is 0 Å². The molecular weight excluding hydrogens is 245 g/mol. The highest BCUT2D eigenvalue weighted by Gasteiger charge is 2.28. The summed E-state index contributed by atoms with van der Waals surface area (Å²) in [6, 6.07) is 5.33. The van der Waals surface area contributed by atoms with Crippen molar-refractivity contribution in [3.8, 4) is 0 Å². The molecule has 106 valence electrons. The molecule has 0 bridgehead atoms. The van der Waals surface area contributed by atoms with E-state index in [2.05, 4.69) is 12.2 Å². The maximum absolute atomic E-state index is 13.3. The number of ether oxygens (including phenoxy) is 2. The predicted octanol–water partition coefficient (Wildman–Crippen LogP) is 2.31. The smallest absolute Gasteiger partial charge is 0.123 e. The van der Waals surface area contributed by atoms with Gasteiger partial charge in [0.05, 0.1) is 19.8 Å². The first-order chi connectivity index (χ1) is 9.22. The molecule has 3 nitrogen and oxygen atoms in total. The summed E-state index contributed by atoms with van der Waals surface area (Å²) in [5, 5.41) is 3.46. The summed E-state index contributed by atoms with van der Waals surface area (Å²) in [6.45, 7) is 4.85. The van der Waals surface area contributed by atoms with Crippen LogP contribution in [0.5, 0.6) is 0 Å². The first-order valence-corrected chi connectivity index (χ1v) is 6.80. The summed E-state index contributed by atoms with van der Waals surface area (Å²) >= 11 is 0. The van der Waals surface area contributed by atoms with Crippen LogP contribution in [0.2, 0.25) is 0 Å². The molecule has 1 aliphatic carbocycles. The average Bonchev–Trinajstić information content (AvgIpc) is 2.69. The summed E-state index contributed by atoms with van der Waals surface area (Å²) < 4.78 is 23.7. The van der Waals surface area contributed by atoms with E-state index < -0.39 is 0 Å². The second-order valence-corrected chi connectivity index (χ2v) is 5.06. The maximum Gasteiger partial charge on any atom is 0.123 e. The average molecular weight is 267 g/mol. The molecule has 4 heteroatoms. The van der Waals surface area contributed by atoms with Crippen molar-refractivity contribution < 1.29 is 13.9 Å². The van der Waals surface area contributed by atoms with Crippen LogP contribution >= 0.6 is 0 Å². The fraction of sp³-hybridized carbons (Fsp3) is 0.600. The number of hydrogen-bond donors (Lipinski definition) is 1. The molecule has 2 rings (SSSR count). The Hall–Kier alpha value is -0.970. The predicted molar refractivity (Wildman–Crippen MR) is 72.7 cm³/mol. The van der Waals surface area contributed by atoms with Crippen LogP contribution in [0.1, 0.15) is 24.1 Å². The van der Waals surface area contributed by atoms with Crippen molar-refractivity contribution in [1.82, 2.24) is 5.32 Å². The molecule has 0 radical (unpaired) electrons. The SMILES string of the molecule is COCCOCCN[C@H]1c2cc(F)ccc2C[C@@H]1C. The second-order valence-electron chi connectivity index (χ2n) is 5.06. The molecule has 0 fully saturated rings. The highest BCUT2D eigenvalue weighted by molar-refractivity contribution is 5.36. The van der Waals surface area contributed by atoms with Gasteiger partial charge in [0, 0.05) is 19.7 Å². The van der Waals surface area contributed by atoms with Gasteiger partial charge in [-0.2, -0.15) is 0 Å². The summed E-state index contributed by atoms with van der Waals surface area (Å²) in [5.74, 6) is 0.340. The van der Waals surface area contributed by atoms with Crippen molar-refractivity contribution in [2.45, 2.75) is 19.4 Å². The normalized spacial score (nSPS) is 21.6. The van der Waals surface area contributed by atoms with Crippen LogP contribution in [0.3, 0.4) is 0 Å². The van der Waals surface area contributed by atoms with Crippen LogP contribution in [-0.4, -0.2) is 33.5 Å². The molecule has 0 saturated heterocycles. The molecule has 2 atom stereocenters. The van der Waals surface area contributed by atoms with E-state index in [1.807, 2.05) is 6.07 Å². The van der Waals surface area contributed by atoms with Gasteiger partial charge in [0.25, 0.3) is 0 Å². The minimum Gasteiger partial charge on any atom is -0.382 e. The topological polar surface area (TPSA) is 30.5 Å². The molecule has 0 saturated carbocycles. The molecule has 0 heterocycles. The number of hydrogen-bond acceptors (Lipinski definition) is 3. The third kappa shape index (κ3) is 3.75. The Balaban J connectivity index is 1.82. The minimum atomic E-state index is -0.156. The molecule has 0 aliphatic heterocycles. The molecule has 1 N–H and O–H groups in total. The van der Waals surface area contributed by atoms with E-state index >= 15 is 0 Å². The van der Waals surface area contributed by atoms with E-state index in [4.69, 9.17) is 9.47 Å². The van der Waals surface area contributed by atoms with E-state index in [0.717, 1.165) is 18.5 Å². The van der Waals surface area contributed by atoms with Crippen LogP contribution in [0.15, 0.2) is 18.2 Å². The zero-order valence-corrected chi connectivity index (χ0v) is 11.6. The van der Waals surface area contributed by atoms with E-state index in [1.165, 1.54) is 5.56 Å². The Bertz CT molecular complexity index is 411. The van der Waals surface area contributed by atoms with Gasteiger partial charge in [-0.25, -0.2) is 4.39 Å². The van der Waals surface area contributed by atoms with E-state index in [9.17, 15) is 4.39 Å². The standard InChI is InChI=1S/C15H22FNO2/c1-11-9-12-3-4-13(16)10-14(12)15(11)17-5-6-19-8-7-18-2/h3-4,10-11,15,17H,5-9H2,1-2H3/t11-,15+/m0/s1. The lowest BCUT2D eigenvalue weighted by Crippen LogP contribution is -2.28. The van der Waals surface area contributed by atoms with Crippen molar-refractivity contribution in [2.75, 3.05) is 33.5 Å². The van der Waals surface area contributed by atoms with Gasteiger partial charge in [-0.15, -0.1) is 0 Å². The lowest BCUT2D eigenvalue weighted by Gasteiger charge is -2.18. The monoisotopic (exact) mass is 267 g/mol. The summed E-state index contributed by atoms with van der Waals surface area (Å²) in [7, 11) is 1.66. The van der Waals surface area contributed by atoms with Crippen LogP contribution in [0.25, 0.3) is 0 Å². The van der Waals surface area contributed by atoms with Crippen LogP contribution < -0.4 is 5.32 Å². The Kier molecular flexibility index (Phi) is 5.31. The fourth-order valence-corrected chi connectivity index (χ4v) is 2.65. The first kappa shape index (κ1) is 14.4. The largest absolute Gasteiger partial charge is 0.382 e. The Labute approximate surface area is 114 Å². The minimum absolute atomic E-state index is 0.156. The lowest BCUT2D eigenvalue weighted by molar-refractivity contribution is 0.0705. The Morgan fingerprint density at radius 1 is 1.32 bits per heavy atom. The zero-order valence-electron chi connectivity index (χ0n) is 11.6. The zero-order chi connectivity index (χ0) is 13.7. The third-order valence-electron chi connectivity index (χ3n) is 3.60. The van der Waals surface area contributed by atoms with Gasteiger partial charge in [0.1, 0.15) is 5.82 Å². The van der Waals surface area contributed by atoms with Crippen LogP contribution in [0.4, 0.5) is 4.39 Å². The van der Waals surface area contributed by atoms with Crippen molar-refractivity contribution >= 4 is 0 Å². The number of halogens is 1. The maximum atomic E-state index is 13.3. The first-order valence-electron chi connectivity index (χ1n) is 6.80. The number of benzene rings is 1. The molecule has 0 spiro atoms. The lowest BCUT2D eigenvalue weighted by atomic mass is 10.0. The fourth-order valence-electron chi connectivity index (χ4n) is 2.65. The highest BCUT2D eigenvalue weighted by Crippen LogP contribution is 2.35. The molecule has 19 heavy (non-hydrogen) atoms. The van der Waals surface area contributed by atoms with Gasteiger partial charge in [-0.05, 0) is 35.6 Å². The van der Waals surface area contributed by atoms with Crippen molar-refractivity contribution in [2.24, 2.45) is 5.92 Å². The Morgan fingerprint density at radius 2 is 2.16 bits per heavy atom. The molecule has 1 aliphatic rings. The number of fused-ring (bicyclic) bond motifs is 1. The van der Waals surface area contributed by atoms with E-state index in [-0.39, 0.29) is 11.9 Å². The molecule has 0 aromatic heterocycles. The molecular formula is C15H22FNO2. The third-order valence-corrected chi connectivity index (χ3v) is 3.60. The van der Waals surface area contributed by atoms with Crippen LogP contribution in [-0.2, 0) is 15.9 Å². The Morgan fingerprint density at radius 3 is 2.95 bits per heavy atom. The van der Waals surface area contributed by atoms with Crippen molar-refractivity contribution in [3.05, 3.63) is 35.1 Å². The van der Waals surface area contributed by atoms with Gasteiger partial charge >= 0.3 is 0 Å². The number of nitrogens with one attached hydrogen (secondary N) is 1. The molecule has 0 unspecified atom stereocenters. The summed E-state index contributed by atoms with van der Waals surface area (Å²) in [5.41, 5.74) is 2.36. The van der Waals surface area contributed by atoms with E-state index in [1.54, 1.807) is 19.2 Å². The quantitative estimate of drug-likeness (QED) is 0.769. The van der Waals surface area contributed by atoms with Gasteiger partial charge in [0.15, 0.2) is 0 Å². The second kappa shape index (κ2) is 6.98. The highest BCUT2D eigenvalue weighted by atomic mass is 19.1. The van der Waals surface area contributed by atoms with Gasteiger partial charge in [-0.1, -0.05) is 13.0 Å². The number of rotatable bonds is 7. The molecule has 1 aromatic rings. The molecule has 1 aromatic carbocycles. The van der Waals surface area contributed by atoms with Gasteiger partial charge in [-0.3, -0.25) is 0 Å². The van der Waals surface area contributed by atoms with Crippen molar-refractivity contribution in [1.29, 1.82) is 0 Å². The number of methoxy groups -OCH3 is 1. The van der Waals surface area contributed by atoms with Crippen LogP contribution in [0, 0.1) is 11.7 Å². The van der Waals surface area contributed by atoms with E-state index in [0.29, 0.717) is 25.7 Å². The molecule has 0 amide bonds. The van der Waals surface area contributed by atoms with Gasteiger partial charge < -0.3 is 14.8 Å².